The molecule has 2 atom stereocenters. The lowest BCUT2D eigenvalue weighted by Gasteiger charge is -2.26. The topological polar surface area (TPSA) is 73.3 Å². The molecule has 0 amide bonds. The summed E-state index contributed by atoms with van der Waals surface area (Å²) in [5.41, 5.74) is 6.82. The van der Waals surface area contributed by atoms with Crippen molar-refractivity contribution < 1.29 is 12.8 Å². The summed E-state index contributed by atoms with van der Waals surface area (Å²) in [5, 5.41) is 0.909. The summed E-state index contributed by atoms with van der Waals surface area (Å²) in [6.07, 6.45) is 2.21. The van der Waals surface area contributed by atoms with Gasteiger partial charge in [-0.2, -0.15) is 0 Å². The molecule has 2 N–H and O–H groups in total. The van der Waals surface area contributed by atoms with Gasteiger partial charge in [0, 0.05) is 10.4 Å². The number of nitrogens with two attached hydrogens (primary N) is 1. The molecular formula is C14H16ClNO3S. The first-order chi connectivity index (χ1) is 9.47. The van der Waals surface area contributed by atoms with Gasteiger partial charge < -0.3 is 10.2 Å². The quantitative estimate of drug-likeness (QED) is 0.924. The molecule has 6 heteroatoms. The lowest BCUT2D eigenvalue weighted by atomic mass is 10.1. The van der Waals surface area contributed by atoms with Gasteiger partial charge in [0.05, 0.1) is 17.0 Å². The highest BCUT2D eigenvalue weighted by Crippen LogP contribution is 2.32. The van der Waals surface area contributed by atoms with Gasteiger partial charge in [0.25, 0.3) is 0 Å². The summed E-state index contributed by atoms with van der Waals surface area (Å²) in [4.78, 5) is 0. The predicted molar refractivity (Wildman–Crippen MR) is 79.6 cm³/mol. The van der Waals surface area contributed by atoms with E-state index < -0.39 is 21.1 Å². The summed E-state index contributed by atoms with van der Waals surface area (Å²) in [7, 11) is -3.13. The van der Waals surface area contributed by atoms with Crippen LogP contribution in [-0.4, -0.2) is 19.4 Å². The van der Waals surface area contributed by atoms with Crippen LogP contribution >= 0.6 is 11.6 Å². The van der Waals surface area contributed by atoms with E-state index in [-0.39, 0.29) is 5.75 Å². The Morgan fingerprint density at radius 2 is 2.10 bits per heavy atom. The molecule has 1 saturated heterocycles. The molecule has 0 saturated carbocycles. The fourth-order valence-electron chi connectivity index (χ4n) is 2.76. The molecule has 108 valence electrons. The highest BCUT2D eigenvalue weighted by molar-refractivity contribution is 7.92. The van der Waals surface area contributed by atoms with Crippen LogP contribution in [0.1, 0.15) is 31.1 Å². The summed E-state index contributed by atoms with van der Waals surface area (Å²) < 4.78 is 29.9. The van der Waals surface area contributed by atoms with Gasteiger partial charge in [0.2, 0.25) is 0 Å². The largest absolute Gasteiger partial charge is 0.459 e. The first kappa shape index (κ1) is 13.9. The third-order valence-electron chi connectivity index (χ3n) is 3.86. The molecule has 0 spiro atoms. The van der Waals surface area contributed by atoms with Crippen molar-refractivity contribution in [1.82, 2.24) is 0 Å². The Morgan fingerprint density at radius 1 is 1.30 bits per heavy atom. The predicted octanol–water partition coefficient (Wildman–Crippen LogP) is 3.05. The normalized spacial score (nSPS) is 23.8. The smallest absolute Gasteiger partial charge is 0.155 e. The minimum absolute atomic E-state index is 0.220. The maximum absolute atomic E-state index is 12.1. The molecule has 0 bridgehead atoms. The second kappa shape index (κ2) is 5.06. The Hall–Kier alpha value is -1.04. The molecule has 1 aliphatic rings. The Bertz CT molecular complexity index is 738. The molecule has 2 unspecified atom stereocenters. The first-order valence-corrected chi connectivity index (χ1v) is 8.73. The van der Waals surface area contributed by atoms with Crippen molar-refractivity contribution in [1.29, 1.82) is 0 Å². The van der Waals surface area contributed by atoms with Gasteiger partial charge in [-0.15, -0.1) is 0 Å². The molecule has 1 aromatic carbocycles. The second-order valence-corrected chi connectivity index (χ2v) is 8.03. The zero-order valence-corrected chi connectivity index (χ0v) is 12.5. The van der Waals surface area contributed by atoms with Crippen molar-refractivity contribution in [2.75, 3.05) is 5.75 Å². The van der Waals surface area contributed by atoms with Gasteiger partial charge in [-0.3, -0.25) is 0 Å². The standard InChI is InChI=1S/C14H16ClNO3S/c15-10-4-5-11-9(7-10)8-12(19-11)14(16)13-3-1-2-6-20(13,17)18/h4-5,7-8,13-14H,1-3,6,16H2. The minimum atomic E-state index is -3.13. The zero-order valence-electron chi connectivity index (χ0n) is 10.9. The SMILES string of the molecule is NC(c1cc2cc(Cl)ccc2o1)C1CCCCS1(=O)=O. The summed E-state index contributed by atoms with van der Waals surface area (Å²) in [6.45, 7) is 0. The molecule has 0 aliphatic carbocycles. The van der Waals surface area contributed by atoms with Crippen LogP contribution in [-0.2, 0) is 9.84 Å². The number of rotatable bonds is 2. The Kier molecular flexibility index (Phi) is 3.52. The molecule has 1 fully saturated rings. The third-order valence-corrected chi connectivity index (χ3v) is 6.40. The zero-order chi connectivity index (χ0) is 14.3. The first-order valence-electron chi connectivity index (χ1n) is 6.63. The number of hydrogen-bond acceptors (Lipinski definition) is 4. The number of sulfone groups is 1. The van der Waals surface area contributed by atoms with Crippen LogP contribution in [0.15, 0.2) is 28.7 Å². The van der Waals surface area contributed by atoms with Crippen LogP contribution in [0.25, 0.3) is 11.0 Å². The van der Waals surface area contributed by atoms with Crippen molar-refractivity contribution in [3.8, 4) is 0 Å². The monoisotopic (exact) mass is 313 g/mol. The van der Waals surface area contributed by atoms with Crippen LogP contribution < -0.4 is 5.73 Å². The Morgan fingerprint density at radius 3 is 2.85 bits per heavy atom. The molecule has 3 rings (SSSR count). The fraction of sp³-hybridized carbons (Fsp3) is 0.429. The van der Waals surface area contributed by atoms with E-state index >= 15 is 0 Å². The summed E-state index contributed by atoms with van der Waals surface area (Å²) in [6, 6.07) is 6.46. The van der Waals surface area contributed by atoms with Crippen LogP contribution in [0.3, 0.4) is 0 Å². The fourth-order valence-corrected chi connectivity index (χ4v) is 4.96. The van der Waals surface area contributed by atoms with Crippen LogP contribution in [0.2, 0.25) is 5.02 Å². The average molecular weight is 314 g/mol. The maximum Gasteiger partial charge on any atom is 0.155 e. The molecule has 0 radical (unpaired) electrons. The van der Waals surface area contributed by atoms with E-state index in [0.717, 1.165) is 18.2 Å². The van der Waals surface area contributed by atoms with Crippen molar-refractivity contribution in [2.45, 2.75) is 30.6 Å². The van der Waals surface area contributed by atoms with Gasteiger partial charge in [0.1, 0.15) is 11.3 Å². The van der Waals surface area contributed by atoms with E-state index in [1.165, 1.54) is 0 Å². The highest BCUT2D eigenvalue weighted by Gasteiger charge is 2.35. The van der Waals surface area contributed by atoms with Crippen molar-refractivity contribution in [2.24, 2.45) is 5.73 Å². The van der Waals surface area contributed by atoms with E-state index in [9.17, 15) is 8.42 Å². The number of fused-ring (bicyclic) bond motifs is 1. The number of furan rings is 1. The van der Waals surface area contributed by atoms with Gasteiger partial charge >= 0.3 is 0 Å². The highest BCUT2D eigenvalue weighted by atomic mass is 35.5. The van der Waals surface area contributed by atoms with Crippen molar-refractivity contribution in [3.63, 3.8) is 0 Å². The molecule has 20 heavy (non-hydrogen) atoms. The van der Waals surface area contributed by atoms with Gasteiger partial charge in [-0.25, -0.2) is 8.42 Å². The minimum Gasteiger partial charge on any atom is -0.459 e. The second-order valence-electron chi connectivity index (χ2n) is 5.26. The molecule has 2 heterocycles. The Labute approximate surface area is 122 Å². The molecule has 2 aromatic rings. The average Bonchev–Trinajstić information content (AvgIpc) is 2.80. The maximum atomic E-state index is 12.1. The number of halogens is 1. The van der Waals surface area contributed by atoms with E-state index in [4.69, 9.17) is 21.8 Å². The van der Waals surface area contributed by atoms with Crippen molar-refractivity contribution >= 4 is 32.4 Å². The summed E-state index contributed by atoms with van der Waals surface area (Å²) in [5.74, 6) is 0.731. The van der Waals surface area contributed by atoms with Crippen LogP contribution in [0.4, 0.5) is 0 Å². The van der Waals surface area contributed by atoms with Gasteiger partial charge in [0.15, 0.2) is 9.84 Å². The molecule has 4 nitrogen and oxygen atoms in total. The van der Waals surface area contributed by atoms with E-state index in [1.54, 1.807) is 24.3 Å². The van der Waals surface area contributed by atoms with Gasteiger partial charge in [-0.1, -0.05) is 18.0 Å². The van der Waals surface area contributed by atoms with Gasteiger partial charge in [-0.05, 0) is 37.1 Å². The summed E-state index contributed by atoms with van der Waals surface area (Å²) >= 11 is 5.93. The van der Waals surface area contributed by atoms with E-state index in [1.807, 2.05) is 0 Å². The van der Waals surface area contributed by atoms with Crippen molar-refractivity contribution in [3.05, 3.63) is 35.0 Å². The number of benzene rings is 1. The molecule has 1 aliphatic heterocycles. The van der Waals surface area contributed by atoms with Crippen LogP contribution in [0, 0.1) is 0 Å². The Balaban J connectivity index is 1.97. The van der Waals surface area contributed by atoms with E-state index in [0.29, 0.717) is 22.8 Å². The van der Waals surface area contributed by atoms with Crippen LogP contribution in [0.5, 0.6) is 0 Å². The lowest BCUT2D eigenvalue weighted by Crippen LogP contribution is -2.37. The third kappa shape index (κ3) is 2.45. The number of hydrogen-bond donors (Lipinski definition) is 1. The lowest BCUT2D eigenvalue weighted by molar-refractivity contribution is 0.444. The molecular weight excluding hydrogens is 298 g/mol. The molecule has 1 aromatic heterocycles. The van der Waals surface area contributed by atoms with E-state index in [2.05, 4.69) is 0 Å².